The Hall–Kier alpha value is -1.93. The Morgan fingerprint density at radius 3 is 2.38 bits per heavy atom. The van der Waals surface area contributed by atoms with E-state index in [1.165, 1.54) is 22.3 Å². The lowest BCUT2D eigenvalue weighted by Crippen LogP contribution is -2.12. The molecule has 0 atom stereocenters. The summed E-state index contributed by atoms with van der Waals surface area (Å²) >= 11 is 6.32. The van der Waals surface area contributed by atoms with Crippen molar-refractivity contribution < 1.29 is 0 Å². The summed E-state index contributed by atoms with van der Waals surface area (Å²) in [6.45, 7) is 15.4. The second-order valence-corrected chi connectivity index (χ2v) is 6.85. The number of hydrogen-bond acceptors (Lipinski definition) is 2. The molecule has 2 rings (SSSR count). The first-order valence-electron chi connectivity index (χ1n) is 8.37. The number of halogens is 1. The molecule has 0 aliphatic rings. The van der Waals surface area contributed by atoms with Gasteiger partial charge in [-0.05, 0) is 80.1 Å². The molecule has 2 nitrogen and oxygen atoms in total. The van der Waals surface area contributed by atoms with Crippen molar-refractivity contribution in [2.45, 2.75) is 41.0 Å². The highest BCUT2D eigenvalue weighted by molar-refractivity contribution is 6.31. The number of aryl methyl sites for hydroxylation is 3. The van der Waals surface area contributed by atoms with Crippen LogP contribution in [0, 0.1) is 27.7 Å². The summed E-state index contributed by atoms with van der Waals surface area (Å²) in [5.41, 5.74) is 9.22. The average molecular weight is 343 g/mol. The standard InChI is InChI=1S/C21H27ClN2/c1-7-18-10-19(22)17(6)21(11-18)24-15(4)12-23-20-9-13(2)8-14(3)16(20)5/h8-11,23-24H,4,7,12H2,1-3,5-6H3. The molecule has 0 amide bonds. The second kappa shape index (κ2) is 7.76. The zero-order valence-electron chi connectivity index (χ0n) is 15.3. The highest BCUT2D eigenvalue weighted by Crippen LogP contribution is 2.27. The van der Waals surface area contributed by atoms with E-state index in [9.17, 15) is 0 Å². The maximum absolute atomic E-state index is 6.32. The van der Waals surface area contributed by atoms with Crippen molar-refractivity contribution in [3.63, 3.8) is 0 Å². The van der Waals surface area contributed by atoms with Gasteiger partial charge in [0, 0.05) is 22.1 Å². The molecular formula is C21H27ClN2. The minimum Gasteiger partial charge on any atom is -0.379 e. The predicted octanol–water partition coefficient (Wildman–Crippen LogP) is 6.17. The number of nitrogens with one attached hydrogen (secondary N) is 2. The molecule has 0 fully saturated rings. The number of benzene rings is 2. The first-order chi connectivity index (χ1) is 11.3. The summed E-state index contributed by atoms with van der Waals surface area (Å²) in [6, 6.07) is 8.56. The Labute approximate surface area is 150 Å². The normalized spacial score (nSPS) is 10.6. The van der Waals surface area contributed by atoms with Crippen molar-refractivity contribution in [2.75, 3.05) is 17.2 Å². The molecular weight excluding hydrogens is 316 g/mol. The van der Waals surface area contributed by atoms with Crippen molar-refractivity contribution in [1.29, 1.82) is 0 Å². The summed E-state index contributed by atoms with van der Waals surface area (Å²) in [5, 5.41) is 7.68. The van der Waals surface area contributed by atoms with Gasteiger partial charge in [0.15, 0.2) is 0 Å². The van der Waals surface area contributed by atoms with E-state index in [2.05, 4.69) is 63.1 Å². The molecule has 3 heteroatoms. The Morgan fingerprint density at radius 1 is 1.00 bits per heavy atom. The molecule has 0 radical (unpaired) electrons. The summed E-state index contributed by atoms with van der Waals surface area (Å²) in [7, 11) is 0. The van der Waals surface area contributed by atoms with E-state index in [1.807, 2.05) is 13.0 Å². The fourth-order valence-electron chi connectivity index (χ4n) is 2.73. The second-order valence-electron chi connectivity index (χ2n) is 6.44. The SMILES string of the molecule is C=C(CNc1cc(C)cc(C)c1C)Nc1cc(CC)cc(Cl)c1C. The summed E-state index contributed by atoms with van der Waals surface area (Å²) in [6.07, 6.45) is 0.959. The minimum absolute atomic E-state index is 0.664. The lowest BCUT2D eigenvalue weighted by Gasteiger charge is -2.17. The number of anilines is 2. The van der Waals surface area contributed by atoms with Crippen LogP contribution in [0.25, 0.3) is 0 Å². The van der Waals surface area contributed by atoms with Crippen molar-refractivity contribution in [3.05, 3.63) is 69.4 Å². The van der Waals surface area contributed by atoms with Crippen LogP contribution < -0.4 is 10.6 Å². The van der Waals surface area contributed by atoms with Crippen LogP contribution in [0.1, 0.15) is 34.7 Å². The van der Waals surface area contributed by atoms with Gasteiger partial charge in [0.1, 0.15) is 0 Å². The van der Waals surface area contributed by atoms with E-state index in [4.69, 9.17) is 11.6 Å². The Balaban J connectivity index is 2.08. The maximum Gasteiger partial charge on any atom is 0.0545 e. The van der Waals surface area contributed by atoms with Crippen LogP contribution in [-0.4, -0.2) is 6.54 Å². The van der Waals surface area contributed by atoms with Crippen molar-refractivity contribution >= 4 is 23.0 Å². The van der Waals surface area contributed by atoms with E-state index in [-0.39, 0.29) is 0 Å². The molecule has 2 N–H and O–H groups in total. The molecule has 24 heavy (non-hydrogen) atoms. The van der Waals surface area contributed by atoms with Crippen molar-refractivity contribution in [3.8, 4) is 0 Å². The number of rotatable bonds is 6. The smallest absolute Gasteiger partial charge is 0.0545 e. The van der Waals surface area contributed by atoms with E-state index >= 15 is 0 Å². The molecule has 2 aromatic rings. The van der Waals surface area contributed by atoms with Gasteiger partial charge in [-0.25, -0.2) is 0 Å². The van der Waals surface area contributed by atoms with Crippen LogP contribution in [0.2, 0.25) is 5.02 Å². The quantitative estimate of drug-likeness (QED) is 0.655. The monoisotopic (exact) mass is 342 g/mol. The van der Waals surface area contributed by atoms with Gasteiger partial charge < -0.3 is 10.6 Å². The van der Waals surface area contributed by atoms with Crippen LogP contribution in [0.5, 0.6) is 0 Å². The Kier molecular flexibility index (Phi) is 5.95. The Bertz CT molecular complexity index is 763. The predicted molar refractivity (Wildman–Crippen MR) is 107 cm³/mol. The van der Waals surface area contributed by atoms with Gasteiger partial charge >= 0.3 is 0 Å². The van der Waals surface area contributed by atoms with Gasteiger partial charge in [-0.2, -0.15) is 0 Å². The lowest BCUT2D eigenvalue weighted by atomic mass is 10.0. The first kappa shape index (κ1) is 18.4. The molecule has 0 aliphatic carbocycles. The lowest BCUT2D eigenvalue weighted by molar-refractivity contribution is 1.13. The van der Waals surface area contributed by atoms with Gasteiger partial charge in [-0.15, -0.1) is 0 Å². The number of hydrogen-bond donors (Lipinski definition) is 2. The van der Waals surface area contributed by atoms with Gasteiger partial charge in [0.05, 0.1) is 6.54 Å². The molecule has 0 heterocycles. The van der Waals surface area contributed by atoms with E-state index < -0.39 is 0 Å². The molecule has 0 aliphatic heterocycles. The molecule has 2 aromatic carbocycles. The summed E-state index contributed by atoms with van der Waals surface area (Å²) in [5.74, 6) is 0. The van der Waals surface area contributed by atoms with Gasteiger partial charge in [-0.1, -0.05) is 31.2 Å². The third-order valence-corrected chi connectivity index (χ3v) is 4.82. The van der Waals surface area contributed by atoms with Gasteiger partial charge in [0.2, 0.25) is 0 Å². The molecule has 128 valence electrons. The minimum atomic E-state index is 0.664. The third-order valence-electron chi connectivity index (χ3n) is 4.43. The fraction of sp³-hybridized carbons (Fsp3) is 0.333. The summed E-state index contributed by atoms with van der Waals surface area (Å²) < 4.78 is 0. The molecule has 0 spiro atoms. The third kappa shape index (κ3) is 4.33. The van der Waals surface area contributed by atoms with E-state index in [0.29, 0.717) is 6.54 Å². The zero-order chi connectivity index (χ0) is 17.9. The highest BCUT2D eigenvalue weighted by atomic mass is 35.5. The highest BCUT2D eigenvalue weighted by Gasteiger charge is 2.07. The van der Waals surface area contributed by atoms with Crippen LogP contribution >= 0.6 is 11.6 Å². The van der Waals surface area contributed by atoms with Gasteiger partial charge in [0.25, 0.3) is 0 Å². The average Bonchev–Trinajstić information content (AvgIpc) is 2.53. The van der Waals surface area contributed by atoms with Gasteiger partial charge in [-0.3, -0.25) is 0 Å². The summed E-state index contributed by atoms with van der Waals surface area (Å²) in [4.78, 5) is 0. The van der Waals surface area contributed by atoms with Crippen LogP contribution in [0.15, 0.2) is 36.5 Å². The molecule has 0 aromatic heterocycles. The van der Waals surface area contributed by atoms with Crippen molar-refractivity contribution in [2.24, 2.45) is 0 Å². The van der Waals surface area contributed by atoms with Crippen molar-refractivity contribution in [1.82, 2.24) is 0 Å². The van der Waals surface area contributed by atoms with Crippen LogP contribution in [-0.2, 0) is 6.42 Å². The van der Waals surface area contributed by atoms with E-state index in [1.54, 1.807) is 0 Å². The van der Waals surface area contributed by atoms with Crippen LogP contribution in [0.4, 0.5) is 11.4 Å². The molecule has 0 unspecified atom stereocenters. The first-order valence-corrected chi connectivity index (χ1v) is 8.75. The molecule has 0 saturated carbocycles. The largest absolute Gasteiger partial charge is 0.379 e. The van der Waals surface area contributed by atoms with Crippen LogP contribution in [0.3, 0.4) is 0 Å². The zero-order valence-corrected chi connectivity index (χ0v) is 16.1. The van der Waals surface area contributed by atoms with E-state index in [0.717, 1.165) is 34.1 Å². The topological polar surface area (TPSA) is 24.1 Å². The molecule has 0 bridgehead atoms. The molecule has 0 saturated heterocycles. The fourth-order valence-corrected chi connectivity index (χ4v) is 2.97. The maximum atomic E-state index is 6.32. The Morgan fingerprint density at radius 2 is 1.71 bits per heavy atom.